The predicted octanol–water partition coefficient (Wildman–Crippen LogP) is -5.10. The van der Waals surface area contributed by atoms with Crippen molar-refractivity contribution >= 4 is 41.4 Å². The van der Waals surface area contributed by atoms with Crippen molar-refractivity contribution in [3.63, 3.8) is 0 Å². The second-order valence-electron chi connectivity index (χ2n) is 15.0. The fourth-order valence-corrected chi connectivity index (χ4v) is 6.41. The summed E-state index contributed by atoms with van der Waals surface area (Å²) < 4.78 is 0. The van der Waals surface area contributed by atoms with E-state index in [0.717, 1.165) is 13.8 Å². The summed E-state index contributed by atoms with van der Waals surface area (Å²) in [5.74, 6) is -7.01. The number of carboxylic acids is 1. The van der Waals surface area contributed by atoms with E-state index in [1.165, 1.54) is 62.6 Å². The zero-order valence-electron chi connectivity index (χ0n) is 35.0. The third kappa shape index (κ3) is 14.4. The topological polar surface area (TPSA) is 422 Å². The lowest BCUT2D eigenvalue weighted by atomic mass is 10.0. The molecule has 0 bridgehead atoms. The van der Waals surface area contributed by atoms with Crippen molar-refractivity contribution in [1.82, 2.24) is 81.7 Å². The molecule has 0 aromatic carbocycles. The van der Waals surface area contributed by atoms with Gasteiger partial charge in [0.2, 0.25) is 35.4 Å². The summed E-state index contributed by atoms with van der Waals surface area (Å²) in [6.45, 7) is 2.28. The van der Waals surface area contributed by atoms with Gasteiger partial charge in [0.05, 0.1) is 49.9 Å². The van der Waals surface area contributed by atoms with Crippen LogP contribution in [0.1, 0.15) is 42.3 Å². The van der Waals surface area contributed by atoms with Gasteiger partial charge in [-0.15, -0.1) is 0 Å². The zero-order valence-corrected chi connectivity index (χ0v) is 35.0. The van der Waals surface area contributed by atoms with Crippen LogP contribution >= 0.6 is 0 Å². The molecule has 27 nitrogen and oxygen atoms in total. The maximum Gasteiger partial charge on any atom is 0.328 e. The summed E-state index contributed by atoms with van der Waals surface area (Å²) >= 11 is 0. The molecule has 0 aliphatic carbocycles. The van der Waals surface area contributed by atoms with E-state index in [9.17, 15) is 48.9 Å². The monoisotopic (exact) mass is 905 g/mol. The number of aliphatic carboxylic acids is 1. The third-order valence-electron chi connectivity index (χ3n) is 9.89. The van der Waals surface area contributed by atoms with Crippen LogP contribution in [0, 0.1) is 0 Å². The number of aliphatic hydroxyl groups is 2. The highest BCUT2D eigenvalue weighted by Gasteiger charge is 2.36. The first-order valence-electron chi connectivity index (χ1n) is 20.1. The molecule has 0 saturated carbocycles. The number of hydrogen-bond donors (Lipinski definition) is 15. The largest absolute Gasteiger partial charge is 0.480 e. The van der Waals surface area contributed by atoms with E-state index in [4.69, 9.17) is 5.73 Å². The van der Waals surface area contributed by atoms with Crippen molar-refractivity contribution in [3.05, 3.63) is 91.1 Å². The predicted molar refractivity (Wildman–Crippen MR) is 222 cm³/mol. The number of aromatic nitrogens is 10. The van der Waals surface area contributed by atoms with E-state index in [2.05, 4.69) is 81.7 Å². The average molecular weight is 906 g/mol. The number of nitrogens with two attached hydrogens (primary N) is 1. The molecule has 27 heteroatoms. The maximum atomic E-state index is 14.3. The lowest BCUT2D eigenvalue weighted by Crippen LogP contribution is -2.62. The molecule has 5 aromatic heterocycles. The van der Waals surface area contributed by atoms with Gasteiger partial charge in [-0.2, -0.15) is 0 Å². The summed E-state index contributed by atoms with van der Waals surface area (Å²) in [7, 11) is 0. The molecule has 0 aliphatic heterocycles. The Morgan fingerprint density at radius 1 is 0.462 bits per heavy atom. The molecule has 5 rings (SSSR count). The van der Waals surface area contributed by atoms with Crippen LogP contribution in [0.15, 0.2) is 62.6 Å². The van der Waals surface area contributed by atoms with Crippen LogP contribution in [0.4, 0.5) is 0 Å². The minimum Gasteiger partial charge on any atom is -0.480 e. The first-order valence-corrected chi connectivity index (χ1v) is 20.1. The van der Waals surface area contributed by atoms with Crippen LogP contribution in [0.5, 0.6) is 0 Å². The number of H-pyrrole nitrogens is 5. The standard InChI is InChI=1S/C38H51N17O10/c1-18(56)30(37(63)55-31(19(2)57)38(64)65)54-36(62)29(7-24-12-44-17-49-24)53-35(61)28(6-23-11-43-16-48-23)52-34(60)27(5-22-10-42-15-47-22)51-33(59)26(4-21-9-41-14-46-21)50-32(58)25(39)3-20-8-40-13-45-20/h8-19,25-31,56-57H,3-7,39H2,1-2H3,(H,40,45)(H,41,46)(H,42,47)(H,43,48)(H,44,49)(H,50,58)(H,51,59)(H,52,60)(H,53,61)(H,54,62)(H,55,63)(H,64,65)/t18-,19-,25+,26+,27+,28+,29+,30+,31+/m1/s1. The van der Waals surface area contributed by atoms with Crippen LogP contribution < -0.4 is 37.6 Å². The molecule has 0 spiro atoms. The van der Waals surface area contributed by atoms with Gasteiger partial charge in [0, 0.05) is 91.6 Å². The smallest absolute Gasteiger partial charge is 0.328 e. The second-order valence-corrected chi connectivity index (χ2v) is 15.0. The van der Waals surface area contributed by atoms with Crippen molar-refractivity contribution in [2.75, 3.05) is 0 Å². The summed E-state index contributed by atoms with van der Waals surface area (Å²) in [4.78, 5) is 129. The molecule has 0 saturated heterocycles. The molecule has 65 heavy (non-hydrogen) atoms. The van der Waals surface area contributed by atoms with Crippen LogP contribution in [-0.4, -0.2) is 161 Å². The van der Waals surface area contributed by atoms with E-state index >= 15 is 0 Å². The van der Waals surface area contributed by atoms with Crippen molar-refractivity contribution in [1.29, 1.82) is 0 Å². The first-order chi connectivity index (χ1) is 31.1. The Hall–Kier alpha value is -7.78. The molecule has 5 aromatic rings. The third-order valence-corrected chi connectivity index (χ3v) is 9.89. The number of carboxylic acid groups (broad SMARTS) is 1. The van der Waals surface area contributed by atoms with Crippen molar-refractivity contribution in [3.8, 4) is 0 Å². The molecule has 16 N–H and O–H groups in total. The molecule has 0 aliphatic rings. The fourth-order valence-electron chi connectivity index (χ4n) is 6.41. The van der Waals surface area contributed by atoms with Crippen LogP contribution in [0.3, 0.4) is 0 Å². The average Bonchev–Trinajstić information content (AvgIpc) is 4.12. The van der Waals surface area contributed by atoms with Crippen molar-refractivity contribution in [2.24, 2.45) is 5.73 Å². The summed E-state index contributed by atoms with van der Waals surface area (Å²) in [5, 5.41) is 44.8. The molecule has 348 valence electrons. The minimum atomic E-state index is -1.79. The number of hydrogen-bond acceptors (Lipinski definition) is 15. The van der Waals surface area contributed by atoms with Gasteiger partial charge in [-0.05, 0) is 13.8 Å². The Morgan fingerprint density at radius 3 is 1.02 bits per heavy atom. The quantitative estimate of drug-likeness (QED) is 0.0260. The number of imidazole rings is 5. The van der Waals surface area contributed by atoms with Gasteiger partial charge < -0.3 is 77.9 Å². The first kappa shape index (κ1) is 48.3. The number of carbonyl (C=O) groups excluding carboxylic acids is 6. The lowest BCUT2D eigenvalue weighted by molar-refractivity contribution is -0.146. The number of nitrogens with one attached hydrogen (secondary N) is 11. The highest BCUT2D eigenvalue weighted by Crippen LogP contribution is 2.09. The summed E-state index contributed by atoms with van der Waals surface area (Å²) in [6.07, 6.45) is 10.2. The normalized spacial score (nSPS) is 15.4. The van der Waals surface area contributed by atoms with Gasteiger partial charge in [-0.1, -0.05) is 0 Å². The van der Waals surface area contributed by atoms with Crippen LogP contribution in [0.2, 0.25) is 0 Å². The molecule has 6 amide bonds. The number of amides is 6. The Kier molecular flexibility index (Phi) is 17.1. The van der Waals surface area contributed by atoms with E-state index in [1.807, 2.05) is 0 Å². The van der Waals surface area contributed by atoms with Crippen LogP contribution in [0.25, 0.3) is 0 Å². The highest BCUT2D eigenvalue weighted by molar-refractivity contribution is 5.97. The molecule has 9 atom stereocenters. The minimum absolute atomic E-state index is 0.0763. The van der Waals surface area contributed by atoms with E-state index in [-0.39, 0.29) is 32.1 Å². The van der Waals surface area contributed by atoms with Gasteiger partial charge in [0.25, 0.3) is 0 Å². The maximum absolute atomic E-state index is 14.3. The molecule has 0 radical (unpaired) electrons. The molecule has 5 heterocycles. The van der Waals surface area contributed by atoms with Gasteiger partial charge in [-0.25, -0.2) is 29.7 Å². The zero-order chi connectivity index (χ0) is 47.0. The molecule has 0 unspecified atom stereocenters. The van der Waals surface area contributed by atoms with Crippen molar-refractivity contribution < 1.29 is 48.9 Å². The molecular weight excluding hydrogens is 855 g/mol. The van der Waals surface area contributed by atoms with E-state index < -0.39 is 95.9 Å². The summed E-state index contributed by atoms with van der Waals surface area (Å²) in [5.41, 5.74) is 8.35. The molecule has 0 fully saturated rings. The lowest BCUT2D eigenvalue weighted by Gasteiger charge is -2.28. The Bertz CT molecular complexity index is 2280. The van der Waals surface area contributed by atoms with Crippen LogP contribution in [-0.2, 0) is 65.7 Å². The fraction of sp³-hybridized carbons (Fsp3) is 0.421. The SMILES string of the molecule is C[C@@H](O)[C@H](NC(=O)[C@@H](NC(=O)[C@H](Cc1cnc[nH]1)NC(=O)[C@H](Cc1cnc[nH]1)NC(=O)[C@H](Cc1cnc[nH]1)NC(=O)[C@H](Cc1cnc[nH]1)NC(=O)[C@@H](N)Cc1cnc[nH]1)[C@@H](C)O)C(=O)O. The van der Waals surface area contributed by atoms with Gasteiger partial charge in [-0.3, -0.25) is 28.8 Å². The van der Waals surface area contributed by atoms with Crippen molar-refractivity contribution in [2.45, 2.75) is 100 Å². The summed E-state index contributed by atoms with van der Waals surface area (Å²) in [6, 6.07) is -10.3. The van der Waals surface area contributed by atoms with E-state index in [1.54, 1.807) is 0 Å². The Balaban J connectivity index is 1.38. The number of nitrogens with zero attached hydrogens (tertiary/aromatic N) is 5. The number of aliphatic hydroxyl groups excluding tert-OH is 2. The number of carbonyl (C=O) groups is 7. The highest BCUT2D eigenvalue weighted by atomic mass is 16.4. The molecular formula is C38H51N17O10. The van der Waals surface area contributed by atoms with Gasteiger partial charge in [0.1, 0.15) is 30.2 Å². The Labute approximate surface area is 368 Å². The van der Waals surface area contributed by atoms with E-state index in [0.29, 0.717) is 28.5 Å². The second kappa shape index (κ2) is 23.1. The Morgan fingerprint density at radius 2 is 0.738 bits per heavy atom. The van der Waals surface area contributed by atoms with Gasteiger partial charge >= 0.3 is 5.97 Å². The number of rotatable bonds is 25. The van der Waals surface area contributed by atoms with Gasteiger partial charge in [0.15, 0.2) is 6.04 Å². The number of aromatic amines is 5.